The van der Waals surface area contributed by atoms with Gasteiger partial charge in [0, 0.05) is 39.3 Å². The number of hydrogen-bond donors (Lipinski definition) is 0. The van der Waals surface area contributed by atoms with Crippen LogP contribution in [0.4, 0.5) is 5.69 Å². The molecule has 10 nitrogen and oxygen atoms in total. The van der Waals surface area contributed by atoms with Crippen molar-refractivity contribution in [1.82, 2.24) is 34.9 Å². The van der Waals surface area contributed by atoms with Gasteiger partial charge in [0.05, 0.1) is 11.9 Å². The molecule has 10 heteroatoms. The van der Waals surface area contributed by atoms with Crippen LogP contribution >= 0.6 is 0 Å². The Morgan fingerprint density at radius 2 is 1.86 bits per heavy atom. The van der Waals surface area contributed by atoms with Crippen LogP contribution in [0.5, 0.6) is 0 Å². The molecule has 1 aliphatic heterocycles. The minimum absolute atomic E-state index is 0.0553. The molecule has 3 heterocycles. The van der Waals surface area contributed by atoms with Gasteiger partial charge in [-0.05, 0) is 16.0 Å². The van der Waals surface area contributed by atoms with E-state index in [9.17, 15) is 9.59 Å². The first-order chi connectivity index (χ1) is 13.6. The average Bonchev–Trinajstić information content (AvgIpc) is 3.25. The van der Waals surface area contributed by atoms with Crippen LogP contribution < -0.4 is 10.5 Å². The fourth-order valence-corrected chi connectivity index (χ4v) is 3.32. The Labute approximate surface area is 161 Å². The molecule has 1 saturated heterocycles. The van der Waals surface area contributed by atoms with Gasteiger partial charge in [-0.25, -0.2) is 9.36 Å². The Kier molecular flexibility index (Phi) is 4.83. The summed E-state index contributed by atoms with van der Waals surface area (Å²) in [5, 5.41) is 15.4. The van der Waals surface area contributed by atoms with E-state index in [0.717, 1.165) is 11.3 Å². The summed E-state index contributed by atoms with van der Waals surface area (Å²) in [4.78, 5) is 29.0. The molecule has 1 amide bonds. The number of carbonyl (C=O) groups is 1. The Balaban J connectivity index is 1.50. The van der Waals surface area contributed by atoms with E-state index in [1.807, 2.05) is 35.2 Å². The molecule has 0 radical (unpaired) electrons. The van der Waals surface area contributed by atoms with E-state index in [2.05, 4.69) is 25.5 Å². The summed E-state index contributed by atoms with van der Waals surface area (Å²) in [6.07, 6.45) is 3.13. The van der Waals surface area contributed by atoms with Crippen molar-refractivity contribution in [2.45, 2.75) is 6.04 Å². The second-order valence-electron chi connectivity index (χ2n) is 6.59. The third kappa shape index (κ3) is 3.48. The number of anilines is 1. The molecule has 1 fully saturated rings. The molecule has 0 N–H and O–H groups in total. The van der Waals surface area contributed by atoms with Crippen molar-refractivity contribution in [1.29, 1.82) is 0 Å². The third-order valence-corrected chi connectivity index (χ3v) is 4.89. The minimum Gasteiger partial charge on any atom is -0.367 e. The standard InChI is InChI=1S/C18H20N8O2/c1-23-16(27)11-15(12-20-23)24-7-9-25(10-8-24)18(28)17(26-13-19-21-22-26)14-5-3-2-4-6-14/h2-6,11-13,17H,7-10H2,1H3/t17-/m1/s1. The van der Waals surface area contributed by atoms with Crippen LogP contribution in [0.15, 0.2) is 53.7 Å². The first-order valence-electron chi connectivity index (χ1n) is 8.98. The van der Waals surface area contributed by atoms with Crippen molar-refractivity contribution in [3.63, 3.8) is 0 Å². The van der Waals surface area contributed by atoms with Crippen LogP contribution in [0.1, 0.15) is 11.6 Å². The van der Waals surface area contributed by atoms with Gasteiger partial charge in [-0.15, -0.1) is 5.10 Å². The number of tetrazole rings is 1. The summed E-state index contributed by atoms with van der Waals surface area (Å²) < 4.78 is 2.77. The lowest BCUT2D eigenvalue weighted by Gasteiger charge is -2.37. The van der Waals surface area contributed by atoms with E-state index in [1.54, 1.807) is 19.3 Å². The highest BCUT2D eigenvalue weighted by atomic mass is 16.2. The van der Waals surface area contributed by atoms with Gasteiger partial charge in [0.1, 0.15) is 6.33 Å². The topological polar surface area (TPSA) is 102 Å². The minimum atomic E-state index is -0.603. The zero-order valence-electron chi connectivity index (χ0n) is 15.4. The van der Waals surface area contributed by atoms with Gasteiger partial charge in [-0.3, -0.25) is 9.59 Å². The SMILES string of the molecule is Cn1ncc(N2CCN(C(=O)[C@@H](c3ccccc3)n3cnnn3)CC2)cc1=O. The predicted molar refractivity (Wildman–Crippen MR) is 101 cm³/mol. The first-order valence-corrected chi connectivity index (χ1v) is 8.98. The smallest absolute Gasteiger partial charge is 0.268 e. The lowest BCUT2D eigenvalue weighted by Crippen LogP contribution is -2.51. The maximum Gasteiger partial charge on any atom is 0.268 e. The molecule has 1 aliphatic rings. The number of benzene rings is 1. The molecular weight excluding hydrogens is 360 g/mol. The Morgan fingerprint density at radius 3 is 2.50 bits per heavy atom. The Hall–Kier alpha value is -3.56. The average molecular weight is 380 g/mol. The highest BCUT2D eigenvalue weighted by Crippen LogP contribution is 2.21. The molecule has 4 rings (SSSR count). The molecular formula is C18H20N8O2. The second kappa shape index (κ2) is 7.59. The van der Waals surface area contributed by atoms with Crippen molar-refractivity contribution in [2.75, 3.05) is 31.1 Å². The maximum absolute atomic E-state index is 13.3. The van der Waals surface area contributed by atoms with Crippen molar-refractivity contribution >= 4 is 11.6 Å². The van der Waals surface area contributed by atoms with E-state index in [4.69, 9.17) is 0 Å². The summed E-state index contributed by atoms with van der Waals surface area (Å²) >= 11 is 0. The first kappa shape index (κ1) is 17.8. The van der Waals surface area contributed by atoms with Crippen LogP contribution in [0.3, 0.4) is 0 Å². The maximum atomic E-state index is 13.3. The Morgan fingerprint density at radius 1 is 1.11 bits per heavy atom. The van der Waals surface area contributed by atoms with Crippen LogP contribution in [-0.2, 0) is 11.8 Å². The largest absolute Gasteiger partial charge is 0.367 e. The van der Waals surface area contributed by atoms with Gasteiger partial charge in [0.2, 0.25) is 0 Å². The summed E-state index contributed by atoms with van der Waals surface area (Å²) in [5.41, 5.74) is 1.45. The van der Waals surface area contributed by atoms with Crippen LogP contribution in [0, 0.1) is 0 Å². The molecule has 1 atom stereocenters. The van der Waals surface area contributed by atoms with E-state index < -0.39 is 6.04 Å². The number of amides is 1. The molecule has 0 bridgehead atoms. The van der Waals surface area contributed by atoms with Gasteiger partial charge in [-0.2, -0.15) is 5.10 Å². The molecule has 3 aromatic rings. The molecule has 0 aliphatic carbocycles. The number of piperazine rings is 1. The van der Waals surface area contributed by atoms with Gasteiger partial charge in [0.15, 0.2) is 6.04 Å². The molecule has 28 heavy (non-hydrogen) atoms. The van der Waals surface area contributed by atoms with Crippen molar-refractivity contribution < 1.29 is 4.79 Å². The number of carbonyl (C=O) groups excluding carboxylic acids is 1. The molecule has 144 valence electrons. The van der Waals surface area contributed by atoms with Crippen molar-refractivity contribution in [3.8, 4) is 0 Å². The number of rotatable bonds is 4. The third-order valence-electron chi connectivity index (χ3n) is 4.89. The van der Waals surface area contributed by atoms with E-state index in [0.29, 0.717) is 26.2 Å². The quantitative estimate of drug-likeness (QED) is 0.613. The van der Waals surface area contributed by atoms with Crippen molar-refractivity contribution in [2.24, 2.45) is 7.05 Å². The van der Waals surface area contributed by atoms with Gasteiger partial charge in [-0.1, -0.05) is 30.3 Å². The van der Waals surface area contributed by atoms with Crippen LogP contribution in [0.2, 0.25) is 0 Å². The molecule has 0 spiro atoms. The zero-order valence-corrected chi connectivity index (χ0v) is 15.4. The zero-order chi connectivity index (χ0) is 19.5. The highest BCUT2D eigenvalue weighted by molar-refractivity contribution is 5.83. The van der Waals surface area contributed by atoms with E-state index in [1.165, 1.54) is 15.7 Å². The monoisotopic (exact) mass is 380 g/mol. The predicted octanol–water partition coefficient (Wildman–Crippen LogP) is -0.295. The molecule has 1 aromatic carbocycles. The lowest BCUT2D eigenvalue weighted by molar-refractivity contribution is -0.134. The number of aromatic nitrogens is 6. The Bertz CT molecular complexity index is 994. The highest BCUT2D eigenvalue weighted by Gasteiger charge is 2.31. The number of hydrogen-bond acceptors (Lipinski definition) is 7. The fourth-order valence-electron chi connectivity index (χ4n) is 3.32. The van der Waals surface area contributed by atoms with Crippen LogP contribution in [0.25, 0.3) is 0 Å². The summed E-state index contributed by atoms with van der Waals surface area (Å²) in [6, 6.07) is 10.4. The number of aryl methyl sites for hydroxylation is 1. The lowest BCUT2D eigenvalue weighted by atomic mass is 10.1. The van der Waals surface area contributed by atoms with Gasteiger partial charge >= 0.3 is 0 Å². The molecule has 0 saturated carbocycles. The van der Waals surface area contributed by atoms with Gasteiger partial charge in [0.25, 0.3) is 11.5 Å². The van der Waals surface area contributed by atoms with Crippen molar-refractivity contribution in [3.05, 3.63) is 64.8 Å². The molecule has 0 unspecified atom stereocenters. The summed E-state index contributed by atoms with van der Waals surface area (Å²) in [7, 11) is 1.62. The normalized spacial score (nSPS) is 15.5. The van der Waals surface area contributed by atoms with E-state index >= 15 is 0 Å². The van der Waals surface area contributed by atoms with Gasteiger partial charge < -0.3 is 9.80 Å². The van der Waals surface area contributed by atoms with E-state index in [-0.39, 0.29) is 11.5 Å². The fraction of sp³-hybridized carbons (Fsp3) is 0.333. The number of nitrogens with zero attached hydrogens (tertiary/aromatic N) is 8. The summed E-state index contributed by atoms with van der Waals surface area (Å²) in [5.74, 6) is -0.0553. The second-order valence-corrected chi connectivity index (χ2v) is 6.59. The summed E-state index contributed by atoms with van der Waals surface area (Å²) in [6.45, 7) is 2.33. The van der Waals surface area contributed by atoms with Crippen LogP contribution in [-0.4, -0.2) is 67.0 Å². The molecule has 2 aromatic heterocycles.